The average molecular weight is 285 g/mol. The van der Waals surface area contributed by atoms with E-state index in [0.29, 0.717) is 22.8 Å². The van der Waals surface area contributed by atoms with Gasteiger partial charge in [0.2, 0.25) is 0 Å². The molecule has 1 aliphatic heterocycles. The van der Waals surface area contributed by atoms with Gasteiger partial charge in [0.25, 0.3) is 0 Å². The molecule has 2 N–H and O–H groups in total. The molecule has 0 spiro atoms. The number of carbonyl (C=O) groups excluding carboxylic acids is 1. The highest BCUT2D eigenvalue weighted by Gasteiger charge is 2.18. The summed E-state index contributed by atoms with van der Waals surface area (Å²) in [5.74, 6) is 0.751. The zero-order chi connectivity index (χ0) is 14.7. The van der Waals surface area contributed by atoms with E-state index in [-0.39, 0.29) is 11.9 Å². The number of nitrogens with one attached hydrogen (secondary N) is 2. The Morgan fingerprint density at radius 2 is 2.05 bits per heavy atom. The highest BCUT2D eigenvalue weighted by molar-refractivity contribution is 5.76. The quantitative estimate of drug-likeness (QED) is 0.842. The van der Waals surface area contributed by atoms with Crippen molar-refractivity contribution in [2.24, 2.45) is 0 Å². The van der Waals surface area contributed by atoms with Crippen LogP contribution in [0.3, 0.4) is 0 Å². The predicted octanol–water partition coefficient (Wildman–Crippen LogP) is 2.03. The Kier molecular flexibility index (Phi) is 3.61. The predicted molar refractivity (Wildman–Crippen MR) is 74.8 cm³/mol. The van der Waals surface area contributed by atoms with Gasteiger partial charge in [0.1, 0.15) is 29.6 Å². The smallest absolute Gasteiger partial charge is 0.142 e. The summed E-state index contributed by atoms with van der Waals surface area (Å²) in [7, 11) is 0. The Labute approximate surface area is 120 Å². The van der Waals surface area contributed by atoms with Crippen LogP contribution in [0.25, 0.3) is 5.70 Å². The Morgan fingerprint density at radius 3 is 2.76 bits per heavy atom. The maximum absolute atomic E-state index is 12.9. The van der Waals surface area contributed by atoms with Gasteiger partial charge in [0.15, 0.2) is 0 Å². The largest absolute Gasteiger partial charge is 0.457 e. The molecular weight excluding hydrogens is 273 g/mol. The van der Waals surface area contributed by atoms with Gasteiger partial charge in [-0.05, 0) is 36.4 Å². The van der Waals surface area contributed by atoms with E-state index in [1.165, 1.54) is 12.1 Å². The van der Waals surface area contributed by atoms with Crippen LogP contribution < -0.4 is 15.6 Å². The zero-order valence-electron chi connectivity index (χ0n) is 10.9. The average Bonchev–Trinajstić information content (AvgIpc) is 2.99. The fourth-order valence-corrected chi connectivity index (χ4v) is 1.96. The SMILES string of the molecule is O=CC1C=C(c2cnccc2Oc2ccc(F)cc2)NN1. The molecule has 106 valence electrons. The van der Waals surface area contributed by atoms with Crippen LogP contribution in [0.1, 0.15) is 5.56 Å². The number of ether oxygens (including phenoxy) is 1. The first kappa shape index (κ1) is 13.3. The summed E-state index contributed by atoms with van der Waals surface area (Å²) in [5, 5.41) is 0. The third kappa shape index (κ3) is 2.90. The molecule has 1 aromatic heterocycles. The topological polar surface area (TPSA) is 63.2 Å². The lowest BCUT2D eigenvalue weighted by Gasteiger charge is -2.11. The third-order valence-corrected chi connectivity index (χ3v) is 2.98. The summed E-state index contributed by atoms with van der Waals surface area (Å²) < 4.78 is 18.6. The number of nitrogens with zero attached hydrogens (tertiary/aromatic N) is 1. The van der Waals surface area contributed by atoms with Crippen molar-refractivity contribution in [3.05, 3.63) is 60.2 Å². The minimum Gasteiger partial charge on any atom is -0.457 e. The second-order valence-corrected chi connectivity index (χ2v) is 4.44. The third-order valence-electron chi connectivity index (χ3n) is 2.98. The van der Waals surface area contributed by atoms with Crippen LogP contribution in [0.4, 0.5) is 4.39 Å². The molecule has 1 aromatic carbocycles. The summed E-state index contributed by atoms with van der Waals surface area (Å²) in [6, 6.07) is 7.06. The van der Waals surface area contributed by atoms with Crippen LogP contribution in [-0.2, 0) is 4.79 Å². The molecule has 1 unspecified atom stereocenters. The second-order valence-electron chi connectivity index (χ2n) is 4.44. The fourth-order valence-electron chi connectivity index (χ4n) is 1.96. The van der Waals surface area contributed by atoms with Gasteiger partial charge in [-0.2, -0.15) is 0 Å². The standard InChI is InChI=1S/C15H12FN3O2/c16-10-1-3-12(4-2-10)21-15-5-6-17-8-13(15)14-7-11(9-20)18-19-14/h1-9,11,18-19H. The minimum atomic E-state index is -0.390. The van der Waals surface area contributed by atoms with Crippen LogP contribution in [0.15, 0.2) is 48.8 Å². The molecule has 5 nitrogen and oxygen atoms in total. The summed E-state index contributed by atoms with van der Waals surface area (Å²) in [5.41, 5.74) is 7.13. The number of carbonyl (C=O) groups is 1. The van der Waals surface area contributed by atoms with E-state index in [2.05, 4.69) is 15.8 Å². The van der Waals surface area contributed by atoms with Crippen molar-refractivity contribution in [3.63, 3.8) is 0 Å². The maximum Gasteiger partial charge on any atom is 0.142 e. The van der Waals surface area contributed by atoms with E-state index >= 15 is 0 Å². The van der Waals surface area contributed by atoms with Crippen molar-refractivity contribution in [3.8, 4) is 11.5 Å². The number of pyridine rings is 1. The van der Waals surface area contributed by atoms with E-state index in [1.54, 1.807) is 36.7 Å². The number of halogens is 1. The van der Waals surface area contributed by atoms with Crippen LogP contribution in [0.5, 0.6) is 11.5 Å². The van der Waals surface area contributed by atoms with Crippen LogP contribution in [0.2, 0.25) is 0 Å². The number of hydrogen-bond acceptors (Lipinski definition) is 5. The van der Waals surface area contributed by atoms with E-state index in [0.717, 1.165) is 6.29 Å². The fraction of sp³-hybridized carbons (Fsp3) is 0.0667. The van der Waals surface area contributed by atoms with Gasteiger partial charge < -0.3 is 15.0 Å². The number of hydrogen-bond donors (Lipinski definition) is 2. The van der Waals surface area contributed by atoms with Crippen LogP contribution in [-0.4, -0.2) is 17.3 Å². The van der Waals surface area contributed by atoms with Gasteiger partial charge in [0.05, 0.1) is 11.3 Å². The van der Waals surface area contributed by atoms with E-state index in [1.807, 2.05) is 0 Å². The molecule has 0 saturated carbocycles. The molecule has 0 amide bonds. The van der Waals surface area contributed by atoms with Gasteiger partial charge in [0, 0.05) is 12.4 Å². The Bertz CT molecular complexity index is 686. The second kappa shape index (κ2) is 5.72. The number of rotatable bonds is 4. The van der Waals surface area contributed by atoms with E-state index < -0.39 is 0 Å². The molecule has 0 aliphatic carbocycles. The molecular formula is C15H12FN3O2. The number of aromatic nitrogens is 1. The van der Waals surface area contributed by atoms with E-state index in [9.17, 15) is 9.18 Å². The molecule has 1 atom stereocenters. The molecule has 0 fully saturated rings. The zero-order valence-corrected chi connectivity index (χ0v) is 10.9. The maximum atomic E-state index is 12.9. The van der Waals surface area contributed by atoms with Gasteiger partial charge in [-0.25, -0.2) is 9.82 Å². The van der Waals surface area contributed by atoms with Crippen molar-refractivity contribution in [1.82, 2.24) is 15.8 Å². The first-order valence-electron chi connectivity index (χ1n) is 6.33. The molecule has 2 aromatic rings. The Balaban J connectivity index is 1.89. The van der Waals surface area contributed by atoms with Gasteiger partial charge in [-0.1, -0.05) is 0 Å². The Hall–Kier alpha value is -2.73. The molecule has 1 aliphatic rings. The lowest BCUT2D eigenvalue weighted by atomic mass is 10.1. The first-order chi connectivity index (χ1) is 10.3. The van der Waals surface area contributed by atoms with Crippen molar-refractivity contribution in [2.75, 3.05) is 0 Å². The van der Waals surface area contributed by atoms with E-state index in [4.69, 9.17) is 4.74 Å². The summed E-state index contributed by atoms with van der Waals surface area (Å²) in [6.07, 6.45) is 5.76. The summed E-state index contributed by atoms with van der Waals surface area (Å²) >= 11 is 0. The number of hydrazine groups is 1. The van der Waals surface area contributed by atoms with Gasteiger partial charge >= 0.3 is 0 Å². The van der Waals surface area contributed by atoms with Gasteiger partial charge in [-0.3, -0.25) is 4.98 Å². The van der Waals surface area contributed by atoms with Crippen molar-refractivity contribution in [2.45, 2.75) is 6.04 Å². The highest BCUT2D eigenvalue weighted by atomic mass is 19.1. The molecule has 21 heavy (non-hydrogen) atoms. The minimum absolute atomic E-state index is 0.324. The molecule has 6 heteroatoms. The lowest BCUT2D eigenvalue weighted by Crippen LogP contribution is -2.32. The number of benzene rings is 1. The van der Waals surface area contributed by atoms with Crippen molar-refractivity contribution >= 4 is 12.0 Å². The van der Waals surface area contributed by atoms with Crippen molar-refractivity contribution in [1.29, 1.82) is 0 Å². The first-order valence-corrected chi connectivity index (χ1v) is 6.33. The molecule has 0 saturated heterocycles. The Morgan fingerprint density at radius 1 is 1.24 bits per heavy atom. The molecule has 0 bridgehead atoms. The van der Waals surface area contributed by atoms with Crippen molar-refractivity contribution < 1.29 is 13.9 Å². The monoisotopic (exact) mass is 285 g/mol. The normalized spacial score (nSPS) is 17.0. The van der Waals surface area contributed by atoms with Gasteiger partial charge in [-0.15, -0.1) is 0 Å². The van der Waals surface area contributed by atoms with Crippen LogP contribution in [0, 0.1) is 5.82 Å². The molecule has 2 heterocycles. The number of aldehydes is 1. The summed E-state index contributed by atoms with van der Waals surface area (Å²) in [6.45, 7) is 0. The summed E-state index contributed by atoms with van der Waals surface area (Å²) in [4.78, 5) is 14.8. The van der Waals surface area contributed by atoms with Crippen LogP contribution >= 0.6 is 0 Å². The molecule has 0 radical (unpaired) electrons. The lowest BCUT2D eigenvalue weighted by molar-refractivity contribution is -0.108. The molecule has 3 rings (SSSR count). The highest BCUT2D eigenvalue weighted by Crippen LogP contribution is 2.29.